The van der Waals surface area contributed by atoms with E-state index in [-0.39, 0.29) is 41.6 Å². The molecular formula is C56H62Cl4N8O5S2. The van der Waals surface area contributed by atoms with Crippen LogP contribution in [-0.4, -0.2) is 116 Å². The van der Waals surface area contributed by atoms with Crippen molar-refractivity contribution in [1.82, 2.24) is 29.8 Å². The molecule has 10 rings (SSSR count). The number of nitrogens with zero attached hydrogens (tertiary/aromatic N) is 7. The summed E-state index contributed by atoms with van der Waals surface area (Å²) in [5.74, 6) is -0.539. The molecule has 2 saturated heterocycles. The van der Waals surface area contributed by atoms with Crippen LogP contribution in [-0.2, 0) is 30.3 Å². The molecule has 0 saturated carbocycles. The van der Waals surface area contributed by atoms with Crippen molar-refractivity contribution in [1.29, 1.82) is 0 Å². The molecule has 6 heterocycles. The summed E-state index contributed by atoms with van der Waals surface area (Å²) in [5.41, 5.74) is 4.74. The number of piperazine rings is 2. The molecule has 0 bridgehead atoms. The molecule has 0 spiro atoms. The number of amides is 3. The summed E-state index contributed by atoms with van der Waals surface area (Å²) in [6.07, 6.45) is 0. The zero-order chi connectivity index (χ0) is 54.1. The zero-order valence-electron chi connectivity index (χ0n) is 43.2. The average Bonchev–Trinajstić information content (AvgIpc) is 4.10. The van der Waals surface area contributed by atoms with Crippen molar-refractivity contribution in [2.24, 2.45) is 21.8 Å². The van der Waals surface area contributed by atoms with Crippen LogP contribution < -0.4 is 5.32 Å². The smallest absolute Gasteiger partial charge is 0.344 e. The third-order valence-corrected chi connectivity index (χ3v) is 17.4. The first-order valence-corrected chi connectivity index (χ1v) is 28.2. The molecule has 2 fully saturated rings. The predicted octanol–water partition coefficient (Wildman–Crippen LogP) is 11.7. The summed E-state index contributed by atoms with van der Waals surface area (Å²) >= 11 is 27.4. The molecule has 4 unspecified atom stereocenters. The fourth-order valence-electron chi connectivity index (χ4n) is 10.5. The minimum absolute atomic E-state index is 0.0112. The molecule has 2 N–H and O–H groups in total. The second-order valence-corrected chi connectivity index (χ2v) is 23.7. The molecule has 3 amide bonds. The number of aliphatic imine (C=N–C) groups is 2. The standard InChI is InChI=1S/C28H30Cl2N4O2S.C22H20Cl2N2O2S.C6H12N2O/c1-17(2)23-24(26(36)33-15-13-32(14-16-33)18(3)35)37-27-31-28(4,20-7-11-22(30)12-8-20)25(34(23)27)19-5-9-21(29)10-6-19;1-12(2)17-18(20(27)28)29-21-25-22(3,14-6-10-16(24)11-7-14)19(26(17)21)13-4-8-15(23)9-5-13;1-6(9)8-4-2-7-3-5-8/h5-12,17,25H,13-16H2,1-4H3;4-12,19H,1-3H3,(H,27,28);7H,2-5H2,1H3. The van der Waals surface area contributed by atoms with Gasteiger partial charge < -0.3 is 34.9 Å². The van der Waals surface area contributed by atoms with Gasteiger partial charge in [-0.15, -0.1) is 0 Å². The first-order chi connectivity index (χ1) is 35.6. The summed E-state index contributed by atoms with van der Waals surface area (Å²) in [7, 11) is 0. The molecule has 0 aliphatic carbocycles. The van der Waals surface area contributed by atoms with E-state index in [1.807, 2.05) is 121 Å². The molecule has 4 aromatic carbocycles. The van der Waals surface area contributed by atoms with E-state index in [9.17, 15) is 24.3 Å². The topological polar surface area (TPSA) is 141 Å². The van der Waals surface area contributed by atoms with Crippen molar-refractivity contribution >= 4 is 104 Å². The molecule has 4 atom stereocenters. The Morgan fingerprint density at radius 2 is 0.880 bits per heavy atom. The van der Waals surface area contributed by atoms with Crippen LogP contribution in [0.5, 0.6) is 0 Å². The van der Waals surface area contributed by atoms with Gasteiger partial charge in [-0.1, -0.05) is 123 Å². The number of carboxylic acid groups (broad SMARTS) is 1. The van der Waals surface area contributed by atoms with Crippen LogP contribution in [0.1, 0.15) is 89.7 Å². The lowest BCUT2D eigenvalue weighted by molar-refractivity contribution is -0.135. The van der Waals surface area contributed by atoms with Gasteiger partial charge in [-0.05, 0) is 120 Å². The highest BCUT2D eigenvalue weighted by molar-refractivity contribution is 8.18. The number of carbonyl (C=O) groups is 4. The maximum Gasteiger partial charge on any atom is 0.344 e. The molecule has 4 aromatic rings. The molecule has 0 aromatic heterocycles. The Labute approximate surface area is 468 Å². The van der Waals surface area contributed by atoms with Crippen molar-refractivity contribution in [3.8, 4) is 0 Å². The van der Waals surface area contributed by atoms with E-state index in [2.05, 4.69) is 42.8 Å². The number of carboxylic acids is 1. The Balaban J connectivity index is 0.000000174. The van der Waals surface area contributed by atoms with E-state index in [1.165, 1.54) is 23.5 Å². The van der Waals surface area contributed by atoms with E-state index in [4.69, 9.17) is 56.4 Å². The number of hydrogen-bond acceptors (Lipinski definition) is 11. The molecule has 6 aliphatic heterocycles. The van der Waals surface area contributed by atoms with E-state index >= 15 is 0 Å². The number of fused-ring (bicyclic) bond motifs is 2. The van der Waals surface area contributed by atoms with Crippen LogP contribution in [0.3, 0.4) is 0 Å². The van der Waals surface area contributed by atoms with Gasteiger partial charge >= 0.3 is 5.97 Å². The molecule has 75 heavy (non-hydrogen) atoms. The number of allylic oxidation sites excluding steroid dienone is 2. The lowest BCUT2D eigenvalue weighted by Gasteiger charge is -2.37. The van der Waals surface area contributed by atoms with Gasteiger partial charge in [0.1, 0.15) is 20.9 Å². The summed E-state index contributed by atoms with van der Waals surface area (Å²) in [5, 5.41) is 17.1. The number of amidine groups is 2. The highest BCUT2D eigenvalue weighted by atomic mass is 35.5. The second kappa shape index (κ2) is 23.3. The minimum atomic E-state index is -0.918. The number of carbonyl (C=O) groups excluding carboxylic acids is 3. The van der Waals surface area contributed by atoms with Gasteiger partial charge in [0.2, 0.25) is 11.8 Å². The van der Waals surface area contributed by atoms with Crippen molar-refractivity contribution < 1.29 is 24.3 Å². The third-order valence-electron chi connectivity index (χ3n) is 14.3. The maximum atomic E-state index is 13.8. The van der Waals surface area contributed by atoms with Crippen molar-refractivity contribution in [2.45, 2.75) is 78.6 Å². The molecule has 19 heteroatoms. The van der Waals surface area contributed by atoms with Gasteiger partial charge in [0.15, 0.2) is 10.3 Å². The lowest BCUT2D eigenvalue weighted by Crippen LogP contribution is -2.50. The molecule has 6 aliphatic rings. The van der Waals surface area contributed by atoms with Gasteiger partial charge in [0, 0.05) is 97.7 Å². The Morgan fingerprint density at radius 3 is 1.23 bits per heavy atom. The second-order valence-electron chi connectivity index (χ2n) is 20.0. The monoisotopic (exact) mass is 1130 g/mol. The Hall–Kier alpha value is -5.00. The van der Waals surface area contributed by atoms with E-state index in [0.29, 0.717) is 56.3 Å². The van der Waals surface area contributed by atoms with Crippen LogP contribution >= 0.6 is 69.9 Å². The Kier molecular flexibility index (Phi) is 17.5. The van der Waals surface area contributed by atoms with Gasteiger partial charge in [0.25, 0.3) is 5.91 Å². The van der Waals surface area contributed by atoms with Crippen LogP contribution in [0.2, 0.25) is 20.1 Å². The first-order valence-electron chi connectivity index (χ1n) is 25.0. The summed E-state index contributed by atoms with van der Waals surface area (Å²) < 4.78 is 0. The van der Waals surface area contributed by atoms with Gasteiger partial charge in [-0.2, -0.15) is 0 Å². The average molecular weight is 1130 g/mol. The molecule has 0 radical (unpaired) electrons. The zero-order valence-corrected chi connectivity index (χ0v) is 47.9. The van der Waals surface area contributed by atoms with Gasteiger partial charge in [-0.3, -0.25) is 14.4 Å². The Bertz CT molecular complexity index is 2940. The van der Waals surface area contributed by atoms with Crippen LogP contribution in [0.25, 0.3) is 0 Å². The van der Waals surface area contributed by atoms with E-state index in [0.717, 1.165) is 69.9 Å². The van der Waals surface area contributed by atoms with Crippen molar-refractivity contribution in [3.05, 3.63) is 161 Å². The minimum Gasteiger partial charge on any atom is -0.477 e. The normalized spacial score (nSPS) is 23.1. The first kappa shape index (κ1) is 56.2. The fourth-order valence-corrected chi connectivity index (χ4v) is 13.6. The van der Waals surface area contributed by atoms with Crippen molar-refractivity contribution in [3.63, 3.8) is 0 Å². The van der Waals surface area contributed by atoms with E-state index in [1.54, 1.807) is 18.7 Å². The number of rotatable bonds is 8. The number of benzene rings is 4. The fraction of sp³-hybridized carbons (Fsp3) is 0.393. The van der Waals surface area contributed by atoms with Gasteiger partial charge in [0.05, 0.1) is 12.1 Å². The van der Waals surface area contributed by atoms with Crippen LogP contribution in [0.15, 0.2) is 128 Å². The number of halogens is 4. The number of thioether (sulfide) groups is 2. The summed E-state index contributed by atoms with van der Waals surface area (Å²) in [4.78, 5) is 69.4. The van der Waals surface area contributed by atoms with Crippen molar-refractivity contribution in [2.75, 3.05) is 52.4 Å². The highest BCUT2D eigenvalue weighted by Crippen LogP contribution is 2.58. The Morgan fingerprint density at radius 1 is 0.547 bits per heavy atom. The predicted molar refractivity (Wildman–Crippen MR) is 305 cm³/mol. The maximum absolute atomic E-state index is 13.8. The number of nitrogens with one attached hydrogen (secondary N) is 1. The quantitative estimate of drug-likeness (QED) is 0.175. The number of hydrogen-bond donors (Lipinski definition) is 2. The molecular weight excluding hydrogens is 1070 g/mol. The highest BCUT2D eigenvalue weighted by Gasteiger charge is 2.55. The molecule has 396 valence electrons. The third kappa shape index (κ3) is 11.7. The summed E-state index contributed by atoms with van der Waals surface area (Å²) in [6.45, 7) is 21.5. The van der Waals surface area contributed by atoms with Gasteiger partial charge in [-0.25, -0.2) is 14.8 Å². The summed E-state index contributed by atoms with van der Waals surface area (Å²) in [6, 6.07) is 30.8. The van der Waals surface area contributed by atoms with E-state index < -0.39 is 17.0 Å². The lowest BCUT2D eigenvalue weighted by atomic mass is 9.81. The number of aliphatic carboxylic acids is 1. The molecule has 13 nitrogen and oxygen atoms in total. The van der Waals surface area contributed by atoms with Crippen LogP contribution in [0, 0.1) is 11.8 Å². The largest absolute Gasteiger partial charge is 0.477 e. The SMILES string of the molecule is CC(=O)N1CCN(C(=O)C2=C(C(C)C)N3C(=NC(C)(c4ccc(Cl)cc4)C3c3ccc(Cl)cc3)S2)CC1.CC(=O)N1CCNCC1.CC(C)C1=C(C(=O)O)SC2=NC(C)(c3ccc(Cl)cc3)C(c3ccc(Cl)cc3)N21. The van der Waals surface area contributed by atoms with Crippen LogP contribution in [0.4, 0.5) is 0 Å².